The molecule has 0 aromatic heterocycles. The highest BCUT2D eigenvalue weighted by atomic mass is 16.6. The summed E-state index contributed by atoms with van der Waals surface area (Å²) in [7, 11) is 0. The van der Waals surface area contributed by atoms with Gasteiger partial charge in [0.2, 0.25) is 0 Å². The topological polar surface area (TPSA) is 46.5 Å². The van der Waals surface area contributed by atoms with Crippen molar-refractivity contribution in [2.24, 2.45) is 5.41 Å². The van der Waals surface area contributed by atoms with Crippen LogP contribution in [0.5, 0.6) is 0 Å². The van der Waals surface area contributed by atoms with Crippen LogP contribution in [-0.2, 0) is 9.53 Å². The van der Waals surface area contributed by atoms with Gasteiger partial charge in [0.05, 0.1) is 0 Å². The third kappa shape index (κ3) is 8.43. The Morgan fingerprint density at radius 1 is 1.20 bits per heavy atom. The molecule has 1 N–H and O–H groups in total. The summed E-state index contributed by atoms with van der Waals surface area (Å²) in [5, 5.41) is 9.03. The summed E-state index contributed by atoms with van der Waals surface area (Å²) in [6.45, 7) is 9.72. The van der Waals surface area contributed by atoms with Gasteiger partial charge >= 0.3 is 5.97 Å². The molecule has 0 aliphatic heterocycles. The van der Waals surface area contributed by atoms with Crippen molar-refractivity contribution in [3.05, 3.63) is 0 Å². The number of rotatable bonds is 5. The van der Waals surface area contributed by atoms with Crippen molar-refractivity contribution in [3.63, 3.8) is 0 Å². The van der Waals surface area contributed by atoms with Crippen LogP contribution in [0.4, 0.5) is 0 Å². The molecule has 0 radical (unpaired) electrons. The van der Waals surface area contributed by atoms with E-state index in [1.54, 1.807) is 0 Å². The van der Waals surface area contributed by atoms with Crippen molar-refractivity contribution in [1.29, 1.82) is 0 Å². The number of carbonyl (C=O) groups is 1. The number of esters is 1. The summed E-state index contributed by atoms with van der Waals surface area (Å²) in [4.78, 5) is 11.3. The molecule has 0 saturated carbocycles. The highest BCUT2D eigenvalue weighted by Gasteiger charge is 2.19. The van der Waals surface area contributed by atoms with Crippen LogP contribution < -0.4 is 0 Å². The summed E-state index contributed by atoms with van der Waals surface area (Å²) in [6, 6.07) is 0. The largest absolute Gasteiger partial charge is 0.460 e. The summed E-state index contributed by atoms with van der Waals surface area (Å²) < 4.78 is 5.18. The zero-order valence-electron chi connectivity index (χ0n) is 10.6. The van der Waals surface area contributed by atoms with E-state index >= 15 is 0 Å². The molecule has 0 fully saturated rings. The Morgan fingerprint density at radius 2 is 1.73 bits per heavy atom. The Bertz CT molecular complexity index is 201. The van der Waals surface area contributed by atoms with E-state index in [9.17, 15) is 4.79 Å². The molecule has 0 bridgehead atoms. The van der Waals surface area contributed by atoms with Crippen LogP contribution in [0.15, 0.2) is 0 Å². The molecular formula is C12H24O3. The Hall–Kier alpha value is -0.570. The Labute approximate surface area is 92.8 Å². The van der Waals surface area contributed by atoms with Crippen molar-refractivity contribution >= 4 is 5.97 Å². The zero-order chi connectivity index (χ0) is 12.1. The van der Waals surface area contributed by atoms with Crippen molar-refractivity contribution in [3.8, 4) is 0 Å². The molecule has 0 amide bonds. The average molecular weight is 216 g/mol. The van der Waals surface area contributed by atoms with Crippen molar-refractivity contribution < 1.29 is 14.6 Å². The molecule has 0 saturated heterocycles. The van der Waals surface area contributed by atoms with E-state index in [1.807, 2.05) is 34.6 Å². The Morgan fingerprint density at radius 3 is 2.13 bits per heavy atom. The molecule has 0 aliphatic carbocycles. The number of aliphatic hydroxyl groups excluding tert-OH is 1. The maximum Gasteiger partial charge on any atom is 0.306 e. The molecule has 3 nitrogen and oxygen atoms in total. The van der Waals surface area contributed by atoms with E-state index in [0.29, 0.717) is 6.42 Å². The number of ether oxygens (including phenoxy) is 1. The lowest BCUT2D eigenvalue weighted by Gasteiger charge is -2.22. The molecule has 0 aromatic carbocycles. The monoisotopic (exact) mass is 216 g/mol. The predicted molar refractivity (Wildman–Crippen MR) is 60.6 cm³/mol. The van der Waals surface area contributed by atoms with E-state index in [1.165, 1.54) is 0 Å². The number of hydrogen-bond acceptors (Lipinski definition) is 3. The van der Waals surface area contributed by atoms with Crippen LogP contribution >= 0.6 is 0 Å². The summed E-state index contributed by atoms with van der Waals surface area (Å²) >= 11 is 0. The third-order valence-corrected chi connectivity index (χ3v) is 2.08. The van der Waals surface area contributed by atoms with Gasteiger partial charge in [-0.3, -0.25) is 4.79 Å². The van der Waals surface area contributed by atoms with Gasteiger partial charge < -0.3 is 9.84 Å². The lowest BCUT2D eigenvalue weighted by atomic mass is 9.88. The van der Waals surface area contributed by atoms with Crippen molar-refractivity contribution in [2.45, 2.75) is 59.5 Å². The van der Waals surface area contributed by atoms with Gasteiger partial charge in [-0.1, -0.05) is 13.8 Å². The highest BCUT2D eigenvalue weighted by molar-refractivity contribution is 5.69. The van der Waals surface area contributed by atoms with Gasteiger partial charge in [-0.15, -0.1) is 0 Å². The van der Waals surface area contributed by atoms with Gasteiger partial charge in [-0.05, 0) is 39.0 Å². The maximum atomic E-state index is 11.3. The van der Waals surface area contributed by atoms with Gasteiger partial charge in [-0.25, -0.2) is 0 Å². The lowest BCUT2D eigenvalue weighted by molar-refractivity contribution is -0.155. The second-order valence-electron chi connectivity index (χ2n) is 5.76. The molecule has 0 unspecified atom stereocenters. The van der Waals surface area contributed by atoms with Crippen molar-refractivity contribution in [2.75, 3.05) is 6.61 Å². The fraction of sp³-hybridized carbons (Fsp3) is 0.917. The molecule has 90 valence electrons. The van der Waals surface area contributed by atoms with E-state index < -0.39 is 5.60 Å². The maximum absolute atomic E-state index is 11.3. The fourth-order valence-corrected chi connectivity index (χ4v) is 1.18. The van der Waals surface area contributed by atoms with Crippen LogP contribution in [0.2, 0.25) is 0 Å². The SMILES string of the molecule is CC(C)(CO)CCCC(=O)OC(C)(C)C. The van der Waals surface area contributed by atoms with Gasteiger partial charge in [-0.2, -0.15) is 0 Å². The van der Waals surface area contributed by atoms with Crippen LogP contribution in [0.1, 0.15) is 53.9 Å². The van der Waals surface area contributed by atoms with Gasteiger partial charge in [0.1, 0.15) is 5.60 Å². The molecular weight excluding hydrogens is 192 g/mol. The van der Waals surface area contributed by atoms with Crippen LogP contribution in [0, 0.1) is 5.41 Å². The van der Waals surface area contributed by atoms with Crippen LogP contribution in [-0.4, -0.2) is 23.3 Å². The van der Waals surface area contributed by atoms with E-state index in [-0.39, 0.29) is 18.0 Å². The first-order valence-electron chi connectivity index (χ1n) is 5.49. The molecule has 0 atom stereocenters. The minimum atomic E-state index is -0.399. The number of aliphatic hydroxyl groups is 1. The lowest BCUT2D eigenvalue weighted by Crippen LogP contribution is -2.24. The number of hydrogen-bond donors (Lipinski definition) is 1. The van der Waals surface area contributed by atoms with Gasteiger partial charge in [0.25, 0.3) is 0 Å². The zero-order valence-corrected chi connectivity index (χ0v) is 10.6. The van der Waals surface area contributed by atoms with Crippen LogP contribution in [0.25, 0.3) is 0 Å². The molecule has 0 aliphatic rings. The smallest absolute Gasteiger partial charge is 0.306 e. The predicted octanol–water partition coefficient (Wildman–Crippen LogP) is 2.52. The van der Waals surface area contributed by atoms with Gasteiger partial charge in [0.15, 0.2) is 0 Å². The van der Waals surface area contributed by atoms with Gasteiger partial charge in [0, 0.05) is 13.0 Å². The van der Waals surface area contributed by atoms with E-state index in [4.69, 9.17) is 9.84 Å². The quantitative estimate of drug-likeness (QED) is 0.718. The first kappa shape index (κ1) is 14.4. The normalized spacial score (nSPS) is 12.7. The summed E-state index contributed by atoms with van der Waals surface area (Å²) in [6.07, 6.45) is 2.03. The highest BCUT2D eigenvalue weighted by Crippen LogP contribution is 2.22. The summed E-state index contributed by atoms with van der Waals surface area (Å²) in [5.74, 6) is -0.156. The molecule has 0 rings (SSSR count). The van der Waals surface area contributed by atoms with E-state index in [2.05, 4.69) is 0 Å². The molecule has 3 heteroatoms. The molecule has 15 heavy (non-hydrogen) atoms. The Kier molecular flexibility index (Phi) is 5.29. The third-order valence-electron chi connectivity index (χ3n) is 2.08. The second-order valence-corrected chi connectivity index (χ2v) is 5.76. The average Bonchev–Trinajstić information content (AvgIpc) is 2.00. The number of carbonyl (C=O) groups excluding carboxylic acids is 1. The Balaban J connectivity index is 3.74. The molecule has 0 spiro atoms. The van der Waals surface area contributed by atoms with E-state index in [0.717, 1.165) is 12.8 Å². The minimum absolute atomic E-state index is 0.0952. The molecule has 0 aromatic rings. The standard InChI is InChI=1S/C12H24O3/c1-11(2,3)15-10(14)7-6-8-12(4,5)9-13/h13H,6-9H2,1-5H3. The summed E-state index contributed by atoms with van der Waals surface area (Å²) in [5.41, 5.74) is -0.494. The van der Waals surface area contributed by atoms with Crippen molar-refractivity contribution in [1.82, 2.24) is 0 Å². The first-order valence-corrected chi connectivity index (χ1v) is 5.49. The minimum Gasteiger partial charge on any atom is -0.460 e. The fourth-order valence-electron chi connectivity index (χ4n) is 1.18. The second kappa shape index (κ2) is 5.50. The van der Waals surface area contributed by atoms with Crippen LogP contribution in [0.3, 0.4) is 0 Å². The first-order chi connectivity index (χ1) is 6.66. The molecule has 0 heterocycles.